The van der Waals surface area contributed by atoms with E-state index < -0.39 is 155 Å². The molecule has 0 aromatic carbocycles. The van der Waals surface area contributed by atoms with Gasteiger partial charge in [0.25, 0.3) is 0 Å². The first-order chi connectivity index (χ1) is 35.0. The maximum atomic E-state index is 12.1. The lowest BCUT2D eigenvalue weighted by atomic mass is 9.47. The Morgan fingerprint density at radius 1 is 0.635 bits per heavy atom. The number of hydrogen-bond acceptors (Lipinski definition) is 24. The van der Waals surface area contributed by atoms with Crippen LogP contribution in [0.25, 0.3) is 0 Å². The minimum Gasteiger partial charge on any atom is -0.394 e. The molecule has 426 valence electrons. The van der Waals surface area contributed by atoms with Gasteiger partial charge in [0, 0.05) is 12.3 Å². The first-order valence-corrected chi connectivity index (χ1v) is 26.6. The van der Waals surface area contributed by atoms with E-state index in [1.807, 2.05) is 6.92 Å². The largest absolute Gasteiger partial charge is 0.394 e. The minimum atomic E-state index is -2.00. The maximum absolute atomic E-state index is 12.1. The van der Waals surface area contributed by atoms with E-state index >= 15 is 0 Å². The Kier molecular flexibility index (Phi) is 17.4. The Hall–Kier alpha value is -1.22. The highest BCUT2D eigenvalue weighted by Crippen LogP contribution is 2.70. The molecule has 5 heterocycles. The smallest absolute Gasteiger partial charge is 0.189 e. The zero-order valence-electron chi connectivity index (χ0n) is 42.3. The fourth-order valence-electron chi connectivity index (χ4n) is 14.8. The van der Waals surface area contributed by atoms with Crippen LogP contribution in [0.1, 0.15) is 85.5 Å². The minimum absolute atomic E-state index is 0.0861. The molecular formula is C50H82O24. The lowest BCUT2D eigenvalue weighted by Crippen LogP contribution is -2.67. The van der Waals surface area contributed by atoms with Crippen LogP contribution in [0.5, 0.6) is 0 Å². The van der Waals surface area contributed by atoms with Gasteiger partial charge in [-0.05, 0) is 91.8 Å². The van der Waals surface area contributed by atoms with Crippen LogP contribution in [-0.2, 0) is 42.6 Å². The zero-order valence-corrected chi connectivity index (χ0v) is 42.3. The molecule has 0 bridgehead atoms. The van der Waals surface area contributed by atoms with Crippen molar-refractivity contribution < 1.29 is 119 Å². The topological polar surface area (TPSA) is 387 Å². The lowest BCUT2D eigenvalue weighted by molar-refractivity contribution is -0.400. The summed E-state index contributed by atoms with van der Waals surface area (Å²) >= 11 is 0. The Bertz CT molecular complexity index is 1920. The summed E-state index contributed by atoms with van der Waals surface area (Å²) in [4.78, 5) is 0. The van der Waals surface area contributed by atoms with E-state index in [2.05, 4.69) is 26.8 Å². The third-order valence-electron chi connectivity index (χ3n) is 19.2. The van der Waals surface area contributed by atoms with Crippen molar-refractivity contribution in [3.8, 4) is 0 Å². The Morgan fingerprint density at radius 2 is 1.22 bits per heavy atom. The molecule has 15 N–H and O–H groups in total. The molecule has 24 heteroatoms. The molecule has 11 unspecified atom stereocenters. The quantitative estimate of drug-likeness (QED) is 0.0694. The van der Waals surface area contributed by atoms with Crippen LogP contribution < -0.4 is 0 Å². The normalized spacial score (nSPS) is 54.9. The molecule has 5 saturated heterocycles. The number of allylic oxidation sites excluding steroid dienone is 1. The molecular weight excluding hydrogens is 985 g/mol. The van der Waals surface area contributed by atoms with Gasteiger partial charge < -0.3 is 119 Å². The van der Waals surface area contributed by atoms with Crippen LogP contribution in [0.2, 0.25) is 0 Å². The number of hydrogen-bond donors (Lipinski definition) is 15. The van der Waals surface area contributed by atoms with Gasteiger partial charge >= 0.3 is 0 Å². The molecule has 74 heavy (non-hydrogen) atoms. The number of ether oxygens (including phenoxy) is 9. The van der Waals surface area contributed by atoms with Crippen molar-refractivity contribution in [1.82, 2.24) is 0 Å². The van der Waals surface area contributed by atoms with Crippen molar-refractivity contribution in [1.29, 1.82) is 0 Å². The summed E-state index contributed by atoms with van der Waals surface area (Å²) < 4.78 is 53.5. The maximum Gasteiger partial charge on any atom is 0.189 e. The average Bonchev–Trinajstić information content (AvgIpc) is 3.82. The van der Waals surface area contributed by atoms with Crippen molar-refractivity contribution in [3.05, 3.63) is 11.6 Å². The van der Waals surface area contributed by atoms with Gasteiger partial charge in [0.1, 0.15) is 91.6 Å². The van der Waals surface area contributed by atoms with Crippen LogP contribution in [-0.4, -0.2) is 244 Å². The van der Waals surface area contributed by atoms with E-state index in [1.54, 1.807) is 0 Å². The summed E-state index contributed by atoms with van der Waals surface area (Å²) in [5.74, 6) is -0.417. The van der Waals surface area contributed by atoms with Crippen molar-refractivity contribution in [2.24, 2.45) is 46.3 Å². The third kappa shape index (κ3) is 10.2. The predicted molar refractivity (Wildman–Crippen MR) is 247 cm³/mol. The van der Waals surface area contributed by atoms with E-state index in [4.69, 9.17) is 42.6 Å². The van der Waals surface area contributed by atoms with Crippen molar-refractivity contribution in [2.45, 2.75) is 226 Å². The van der Waals surface area contributed by atoms with Crippen LogP contribution in [0, 0.1) is 46.3 Å². The van der Waals surface area contributed by atoms with Gasteiger partial charge in [-0.2, -0.15) is 0 Å². The van der Waals surface area contributed by atoms with Crippen LogP contribution in [0.4, 0.5) is 0 Å². The Labute approximate surface area is 429 Å². The highest BCUT2D eigenvalue weighted by molar-refractivity contribution is 5.26. The molecule has 5 aliphatic heterocycles. The first-order valence-electron chi connectivity index (χ1n) is 26.6. The third-order valence-corrected chi connectivity index (χ3v) is 19.2. The highest BCUT2D eigenvalue weighted by atomic mass is 16.8. The molecule has 0 aromatic rings. The number of aliphatic hydroxyl groups excluding tert-OH is 14. The molecule has 3 saturated carbocycles. The number of aliphatic hydroxyl groups is 15. The van der Waals surface area contributed by atoms with Crippen molar-refractivity contribution in [3.63, 3.8) is 0 Å². The summed E-state index contributed by atoms with van der Waals surface area (Å²) in [7, 11) is 0. The van der Waals surface area contributed by atoms with Gasteiger partial charge in [-0.1, -0.05) is 39.3 Å². The van der Waals surface area contributed by atoms with E-state index in [0.717, 1.165) is 32.1 Å². The summed E-state index contributed by atoms with van der Waals surface area (Å²) in [5, 5.41) is 158. The second-order valence-electron chi connectivity index (χ2n) is 23.5. The monoisotopic (exact) mass is 1070 g/mol. The van der Waals surface area contributed by atoms with E-state index in [9.17, 15) is 76.6 Å². The fourth-order valence-corrected chi connectivity index (χ4v) is 14.8. The average molecular weight is 1070 g/mol. The molecule has 8 fully saturated rings. The second-order valence-corrected chi connectivity index (χ2v) is 23.5. The van der Waals surface area contributed by atoms with Crippen LogP contribution in [0.3, 0.4) is 0 Å². The van der Waals surface area contributed by atoms with Crippen molar-refractivity contribution >= 4 is 0 Å². The zero-order chi connectivity index (χ0) is 53.5. The van der Waals surface area contributed by atoms with Gasteiger partial charge in [-0.25, -0.2) is 0 Å². The molecule has 9 rings (SSSR count). The number of fused-ring (bicyclic) bond motifs is 7. The highest BCUT2D eigenvalue weighted by Gasteiger charge is 2.68. The van der Waals surface area contributed by atoms with Gasteiger partial charge in [0.05, 0.1) is 38.6 Å². The predicted octanol–water partition coefficient (Wildman–Crippen LogP) is -4.08. The van der Waals surface area contributed by atoms with E-state index in [1.165, 1.54) is 5.57 Å². The standard InChI is InChI=1S/C50H82O24/c1-19(18-66-44-37(60)33(56)31(54)27(15-51)68-44)7-12-50(65)20(2)30-26(74-50)14-25-23-6-5-21-13-22(8-10-48(21,3)24(23)9-11-49(25,30)4)67-47-42(72-46-39(62)35(58)36(59)43(64)73-46)40(63)41(29(17-53)70-47)71-45-38(61)34(57)32(55)28(16-52)69-45/h5,19-20,22-47,51-65H,6-18H2,1-4H3/t19-,20+,22?,23-,24+,25+,26?,27?,28?,29?,30+,31-,32-,33?,34?,35?,36-,37+,38+,39+,40?,41-,42+,43?,44-,45+,46-,47-,48+,49+,50?/m1/s1. The fraction of sp³-hybridized carbons (Fsp3) is 0.960. The molecule has 9 aliphatic rings. The van der Waals surface area contributed by atoms with Gasteiger partial charge in [-0.3, -0.25) is 0 Å². The van der Waals surface area contributed by atoms with Crippen molar-refractivity contribution in [2.75, 3.05) is 26.4 Å². The van der Waals surface area contributed by atoms with Gasteiger partial charge in [0.15, 0.2) is 37.2 Å². The second kappa shape index (κ2) is 22.4. The summed E-state index contributed by atoms with van der Waals surface area (Å²) in [6.45, 7) is 6.75. The SMILES string of the molecule is C[C@H](CCC1(O)OC2C[C@H]3[C@@H]4CC=C5CC(O[C@@H]6OC(CO)[C@@H](O[C@@H]7OC(CO)[C@@H](O)C(O)[C@@H]7O)C(O)[C@@H]6O[C@@H]6OC(O)[C@H](O)C(O)[C@@H]6O)CC[C@]5(C)[C@H]4CC[C@]3(C)[C@H]2[C@@H]1C)CO[C@@H]1OC(CO)[C@@H](O)C(O)[C@@H]1O. The Balaban J connectivity index is 0.849. The summed E-state index contributed by atoms with van der Waals surface area (Å²) in [6.07, 6.45) is -25.1. The lowest BCUT2D eigenvalue weighted by Gasteiger charge is -2.58. The summed E-state index contributed by atoms with van der Waals surface area (Å²) in [6, 6.07) is 0. The molecule has 24 nitrogen and oxygen atoms in total. The molecule has 0 amide bonds. The molecule has 0 radical (unpaired) electrons. The molecule has 0 spiro atoms. The van der Waals surface area contributed by atoms with Crippen LogP contribution in [0.15, 0.2) is 11.6 Å². The molecule has 4 aliphatic carbocycles. The number of rotatable bonds is 15. The van der Waals surface area contributed by atoms with Gasteiger partial charge in [-0.15, -0.1) is 0 Å². The molecule has 0 aromatic heterocycles. The first kappa shape index (κ1) is 57.5. The van der Waals surface area contributed by atoms with Gasteiger partial charge in [0.2, 0.25) is 0 Å². The van der Waals surface area contributed by atoms with E-state index in [-0.39, 0.29) is 41.3 Å². The van der Waals surface area contributed by atoms with E-state index in [0.29, 0.717) is 43.4 Å². The van der Waals surface area contributed by atoms with Crippen LogP contribution >= 0.6 is 0 Å². The molecule has 31 atom stereocenters. The Morgan fingerprint density at radius 3 is 1.86 bits per heavy atom. The summed E-state index contributed by atoms with van der Waals surface area (Å²) in [5.41, 5.74) is 0.941.